The number of rotatable bonds is 5. The molecule has 2 rings (SSSR count). The van der Waals surface area contributed by atoms with E-state index in [2.05, 4.69) is 9.47 Å². The quantitative estimate of drug-likeness (QED) is 0.837. The van der Waals surface area contributed by atoms with Gasteiger partial charge in [-0.25, -0.2) is 4.79 Å². The molecule has 0 aromatic heterocycles. The van der Waals surface area contributed by atoms with Crippen LogP contribution in [0.2, 0.25) is 0 Å². The molecular weight excluding hydrogens is 313 g/mol. The molecule has 1 fully saturated rings. The normalized spacial score (nSPS) is 17.3. The number of alkyl halides is 3. The fraction of sp³-hybridized carbons (Fsp3) is 0.438. The predicted octanol–water partition coefficient (Wildman–Crippen LogP) is 3.70. The van der Waals surface area contributed by atoms with Crippen LogP contribution in [0.1, 0.15) is 24.8 Å². The molecular formula is C16H17F3O4. The van der Waals surface area contributed by atoms with Crippen molar-refractivity contribution in [2.75, 3.05) is 13.2 Å². The molecule has 0 saturated heterocycles. The molecule has 23 heavy (non-hydrogen) atoms. The first-order chi connectivity index (χ1) is 10.8. The number of aliphatic hydroxyl groups is 1. The van der Waals surface area contributed by atoms with Gasteiger partial charge in [0.25, 0.3) is 0 Å². The number of ether oxygens (including phenoxy) is 2. The Balaban J connectivity index is 1.97. The Morgan fingerprint density at radius 1 is 1.22 bits per heavy atom. The summed E-state index contributed by atoms with van der Waals surface area (Å²) in [5, 5.41) is 10.5. The lowest BCUT2D eigenvalue weighted by molar-refractivity contribution is -0.165. The van der Waals surface area contributed by atoms with Crippen LogP contribution >= 0.6 is 0 Å². The third-order valence-corrected chi connectivity index (χ3v) is 3.61. The second-order valence-corrected chi connectivity index (χ2v) is 5.33. The van der Waals surface area contributed by atoms with Gasteiger partial charge < -0.3 is 14.6 Å². The Kier molecular flexibility index (Phi) is 5.30. The Morgan fingerprint density at radius 2 is 1.87 bits per heavy atom. The predicted molar refractivity (Wildman–Crippen MR) is 76.6 cm³/mol. The Labute approximate surface area is 131 Å². The van der Waals surface area contributed by atoms with E-state index >= 15 is 0 Å². The standard InChI is InChI=1S/C16H17F3O4/c17-16(18,19)11-23-14(20)22-10-7-13(15(21)8-4-9-15)12-5-2-1-3-6-12/h1-3,5-7,21H,4,8-11H2/b13-7-. The van der Waals surface area contributed by atoms with Gasteiger partial charge >= 0.3 is 12.3 Å². The van der Waals surface area contributed by atoms with Crippen LogP contribution in [0.5, 0.6) is 0 Å². The highest BCUT2D eigenvalue weighted by atomic mass is 19.4. The number of benzene rings is 1. The van der Waals surface area contributed by atoms with Crippen LogP contribution in [-0.4, -0.2) is 36.3 Å². The molecule has 0 heterocycles. The minimum absolute atomic E-state index is 0.275. The average Bonchev–Trinajstić information content (AvgIpc) is 2.47. The summed E-state index contributed by atoms with van der Waals surface area (Å²) in [4.78, 5) is 11.1. The Morgan fingerprint density at radius 3 is 2.39 bits per heavy atom. The molecule has 1 aliphatic carbocycles. The summed E-state index contributed by atoms with van der Waals surface area (Å²) < 4.78 is 44.3. The van der Waals surface area contributed by atoms with Crippen LogP contribution < -0.4 is 0 Å². The SMILES string of the molecule is O=C(OC/C=C(/c1ccccc1)C1(O)CCC1)OCC(F)(F)F. The van der Waals surface area contributed by atoms with Crippen molar-refractivity contribution < 1.29 is 32.5 Å². The molecule has 1 N–H and O–H groups in total. The average molecular weight is 330 g/mol. The lowest BCUT2D eigenvalue weighted by Gasteiger charge is -2.39. The van der Waals surface area contributed by atoms with Crippen LogP contribution in [0.3, 0.4) is 0 Å². The molecule has 0 atom stereocenters. The Bertz CT molecular complexity index is 562. The van der Waals surface area contributed by atoms with Crippen molar-refractivity contribution in [3.8, 4) is 0 Å². The number of hydrogen-bond donors (Lipinski definition) is 1. The van der Waals surface area contributed by atoms with E-state index in [9.17, 15) is 23.1 Å². The van der Waals surface area contributed by atoms with Gasteiger partial charge in [0, 0.05) is 0 Å². The summed E-state index contributed by atoms with van der Waals surface area (Å²) in [6, 6.07) is 9.07. The van der Waals surface area contributed by atoms with Gasteiger partial charge in [-0.2, -0.15) is 13.2 Å². The van der Waals surface area contributed by atoms with Crippen molar-refractivity contribution >= 4 is 11.7 Å². The molecule has 0 unspecified atom stereocenters. The maximum Gasteiger partial charge on any atom is 0.508 e. The highest BCUT2D eigenvalue weighted by molar-refractivity contribution is 5.73. The van der Waals surface area contributed by atoms with Gasteiger partial charge in [0.05, 0.1) is 5.60 Å². The summed E-state index contributed by atoms with van der Waals surface area (Å²) in [6.45, 7) is -1.96. The summed E-state index contributed by atoms with van der Waals surface area (Å²) in [7, 11) is 0. The zero-order valence-electron chi connectivity index (χ0n) is 12.3. The van der Waals surface area contributed by atoms with E-state index in [1.807, 2.05) is 30.3 Å². The van der Waals surface area contributed by atoms with E-state index in [-0.39, 0.29) is 6.61 Å². The molecule has 0 aliphatic heterocycles. The van der Waals surface area contributed by atoms with Gasteiger partial charge in [0.15, 0.2) is 6.61 Å². The first-order valence-electron chi connectivity index (χ1n) is 7.15. The highest BCUT2D eigenvalue weighted by Gasteiger charge is 2.38. The minimum atomic E-state index is -4.59. The second-order valence-electron chi connectivity index (χ2n) is 5.33. The topological polar surface area (TPSA) is 55.8 Å². The number of halogens is 3. The molecule has 7 heteroatoms. The fourth-order valence-electron chi connectivity index (χ4n) is 2.35. The van der Waals surface area contributed by atoms with Crippen molar-refractivity contribution in [3.63, 3.8) is 0 Å². The molecule has 0 radical (unpaired) electrons. The van der Waals surface area contributed by atoms with Crippen LogP contribution in [0.4, 0.5) is 18.0 Å². The maximum absolute atomic E-state index is 11.9. The van der Waals surface area contributed by atoms with E-state index in [0.717, 1.165) is 12.0 Å². The number of hydrogen-bond acceptors (Lipinski definition) is 4. The minimum Gasteiger partial charge on any atom is -0.430 e. The second kappa shape index (κ2) is 7.04. The van der Waals surface area contributed by atoms with Crippen LogP contribution in [0.25, 0.3) is 5.57 Å². The third kappa shape index (κ3) is 4.99. The van der Waals surface area contributed by atoms with E-state index in [1.165, 1.54) is 6.08 Å². The van der Waals surface area contributed by atoms with Gasteiger partial charge in [-0.3, -0.25) is 0 Å². The lowest BCUT2D eigenvalue weighted by Crippen LogP contribution is -2.38. The van der Waals surface area contributed by atoms with Crippen LogP contribution in [0, 0.1) is 0 Å². The maximum atomic E-state index is 11.9. The zero-order valence-corrected chi connectivity index (χ0v) is 12.3. The highest BCUT2D eigenvalue weighted by Crippen LogP contribution is 2.42. The Hall–Kier alpha value is -2.02. The van der Waals surface area contributed by atoms with E-state index in [1.54, 1.807) is 0 Å². The van der Waals surface area contributed by atoms with Gasteiger partial charge in [-0.15, -0.1) is 0 Å². The molecule has 1 aromatic rings. The third-order valence-electron chi connectivity index (χ3n) is 3.61. The summed E-state index contributed by atoms with van der Waals surface area (Å²) in [5.41, 5.74) is 0.399. The zero-order chi connectivity index (χ0) is 16.9. The van der Waals surface area contributed by atoms with Crippen molar-refractivity contribution in [1.29, 1.82) is 0 Å². The van der Waals surface area contributed by atoms with Crippen LogP contribution in [-0.2, 0) is 9.47 Å². The van der Waals surface area contributed by atoms with Gasteiger partial charge in [0.1, 0.15) is 6.61 Å². The van der Waals surface area contributed by atoms with Crippen molar-refractivity contribution in [1.82, 2.24) is 0 Å². The molecule has 4 nitrogen and oxygen atoms in total. The summed E-state index contributed by atoms with van der Waals surface area (Å²) in [6.07, 6.45) is -2.42. The molecule has 1 aliphatic rings. The summed E-state index contributed by atoms with van der Waals surface area (Å²) >= 11 is 0. The molecule has 0 bridgehead atoms. The van der Waals surface area contributed by atoms with E-state index < -0.39 is 24.5 Å². The summed E-state index contributed by atoms with van der Waals surface area (Å²) in [5.74, 6) is 0. The van der Waals surface area contributed by atoms with Gasteiger partial charge in [-0.05, 0) is 36.5 Å². The van der Waals surface area contributed by atoms with Gasteiger partial charge in [0.2, 0.25) is 0 Å². The van der Waals surface area contributed by atoms with Crippen molar-refractivity contribution in [3.05, 3.63) is 42.0 Å². The van der Waals surface area contributed by atoms with E-state index in [0.29, 0.717) is 18.4 Å². The molecule has 1 saturated carbocycles. The molecule has 0 spiro atoms. The van der Waals surface area contributed by atoms with Gasteiger partial charge in [-0.1, -0.05) is 30.3 Å². The lowest BCUT2D eigenvalue weighted by atomic mass is 9.72. The molecule has 1 aromatic carbocycles. The van der Waals surface area contributed by atoms with E-state index in [4.69, 9.17) is 0 Å². The van der Waals surface area contributed by atoms with Crippen LogP contribution in [0.15, 0.2) is 36.4 Å². The fourth-order valence-corrected chi connectivity index (χ4v) is 2.35. The van der Waals surface area contributed by atoms with Crippen molar-refractivity contribution in [2.24, 2.45) is 0 Å². The number of carbonyl (C=O) groups is 1. The van der Waals surface area contributed by atoms with Crippen molar-refractivity contribution in [2.45, 2.75) is 31.0 Å². The first kappa shape index (κ1) is 17.3. The largest absolute Gasteiger partial charge is 0.508 e. The number of carbonyl (C=O) groups excluding carboxylic acids is 1. The monoisotopic (exact) mass is 330 g/mol. The molecule has 126 valence electrons. The first-order valence-corrected chi connectivity index (χ1v) is 7.15. The smallest absolute Gasteiger partial charge is 0.430 e. The molecule has 0 amide bonds.